The maximum absolute atomic E-state index is 13.2. The van der Waals surface area contributed by atoms with Crippen molar-refractivity contribution in [3.8, 4) is 0 Å². The van der Waals surface area contributed by atoms with Crippen LogP contribution in [0, 0.1) is 35.0 Å². The number of ketones is 2. The van der Waals surface area contributed by atoms with Gasteiger partial charge in [-0.25, -0.2) is 22.0 Å². The number of carbonyl (C=O) groups is 2. The van der Waals surface area contributed by atoms with Gasteiger partial charge in [0, 0.05) is 0 Å². The van der Waals surface area contributed by atoms with Crippen molar-refractivity contribution < 1.29 is 31.5 Å². The summed E-state index contributed by atoms with van der Waals surface area (Å²) in [7, 11) is 0. The van der Waals surface area contributed by atoms with Crippen LogP contribution in [0.2, 0.25) is 0 Å². The second-order valence-electron chi connectivity index (χ2n) is 3.64. The molecule has 2 nitrogen and oxygen atoms in total. The van der Waals surface area contributed by atoms with Crippen LogP contribution in [-0.2, 0) is 4.79 Å². The third-order valence-electron chi connectivity index (χ3n) is 2.46. The highest BCUT2D eigenvalue weighted by Gasteiger charge is 2.32. The average Bonchev–Trinajstić information content (AvgIpc) is 2.32. The van der Waals surface area contributed by atoms with Crippen LogP contribution in [0.1, 0.15) is 24.2 Å². The zero-order valence-corrected chi connectivity index (χ0v) is 9.28. The zero-order chi connectivity index (χ0) is 14.2. The molecule has 1 aromatic rings. The molecule has 0 aromatic heterocycles. The minimum absolute atomic E-state index is 0.746. The molecule has 98 valence electrons. The Kier molecular flexibility index (Phi) is 3.83. The molecule has 0 spiro atoms. The molecule has 0 bridgehead atoms. The predicted octanol–water partition coefficient (Wildman–Crippen LogP) is 2.79. The van der Waals surface area contributed by atoms with Crippen molar-refractivity contribution in [2.75, 3.05) is 0 Å². The third-order valence-corrected chi connectivity index (χ3v) is 2.46. The lowest BCUT2D eigenvalue weighted by atomic mass is 9.95. The summed E-state index contributed by atoms with van der Waals surface area (Å²) in [6.45, 7) is 1.98. The topological polar surface area (TPSA) is 34.1 Å². The highest BCUT2D eigenvalue weighted by atomic mass is 19.2. The number of hydrogen-bond acceptors (Lipinski definition) is 2. The monoisotopic (exact) mass is 266 g/mol. The van der Waals surface area contributed by atoms with Crippen LogP contribution in [0.25, 0.3) is 0 Å². The normalized spacial score (nSPS) is 12.4. The van der Waals surface area contributed by atoms with Crippen LogP contribution in [0.15, 0.2) is 0 Å². The predicted molar refractivity (Wildman–Crippen MR) is 50.4 cm³/mol. The first-order chi connectivity index (χ1) is 8.20. The number of benzene rings is 1. The fraction of sp³-hybridized carbons (Fsp3) is 0.273. The number of Topliss-reactive ketones (excluding diaryl/α,β-unsaturated/α-hetero) is 2. The zero-order valence-electron chi connectivity index (χ0n) is 9.28. The van der Waals surface area contributed by atoms with Crippen LogP contribution in [0.4, 0.5) is 22.0 Å². The smallest absolute Gasteiger partial charge is 0.200 e. The van der Waals surface area contributed by atoms with E-state index in [0.717, 1.165) is 13.8 Å². The Hall–Kier alpha value is -1.79. The van der Waals surface area contributed by atoms with E-state index in [1.807, 2.05) is 0 Å². The lowest BCUT2D eigenvalue weighted by Crippen LogP contribution is -2.23. The van der Waals surface area contributed by atoms with Crippen molar-refractivity contribution in [3.05, 3.63) is 34.6 Å². The maximum Gasteiger partial charge on any atom is 0.200 e. The molecule has 0 N–H and O–H groups in total. The Morgan fingerprint density at radius 3 is 1.50 bits per heavy atom. The van der Waals surface area contributed by atoms with Crippen molar-refractivity contribution >= 4 is 11.6 Å². The molecule has 0 aliphatic rings. The Morgan fingerprint density at radius 1 is 0.833 bits per heavy atom. The molecule has 0 radical (unpaired) electrons. The van der Waals surface area contributed by atoms with Gasteiger partial charge < -0.3 is 0 Å². The van der Waals surface area contributed by atoms with Gasteiger partial charge in [0.1, 0.15) is 5.78 Å². The van der Waals surface area contributed by atoms with Gasteiger partial charge in [-0.05, 0) is 13.8 Å². The van der Waals surface area contributed by atoms with Crippen LogP contribution < -0.4 is 0 Å². The van der Waals surface area contributed by atoms with Gasteiger partial charge in [-0.1, -0.05) is 0 Å². The second-order valence-corrected chi connectivity index (χ2v) is 3.64. The van der Waals surface area contributed by atoms with Crippen LogP contribution in [-0.4, -0.2) is 11.6 Å². The molecule has 1 unspecified atom stereocenters. The minimum Gasteiger partial charge on any atom is -0.299 e. The molecule has 18 heavy (non-hydrogen) atoms. The van der Waals surface area contributed by atoms with E-state index in [-0.39, 0.29) is 0 Å². The number of halogens is 5. The summed E-state index contributed by atoms with van der Waals surface area (Å²) in [5.74, 6) is -14.9. The first kappa shape index (κ1) is 14.3. The summed E-state index contributed by atoms with van der Waals surface area (Å²) in [6, 6.07) is 0. The Labute approximate surface area is 98.4 Å². The average molecular weight is 266 g/mol. The largest absolute Gasteiger partial charge is 0.299 e. The molecule has 0 saturated carbocycles. The Balaban J connectivity index is 3.52. The maximum atomic E-state index is 13.2. The first-order valence-electron chi connectivity index (χ1n) is 4.76. The van der Waals surface area contributed by atoms with Crippen molar-refractivity contribution in [2.45, 2.75) is 13.8 Å². The van der Waals surface area contributed by atoms with E-state index in [2.05, 4.69) is 0 Å². The Morgan fingerprint density at radius 2 is 1.17 bits per heavy atom. The molecular formula is C11H7F5O2. The van der Waals surface area contributed by atoms with E-state index in [1.54, 1.807) is 0 Å². The fourth-order valence-electron chi connectivity index (χ4n) is 1.22. The molecule has 1 aromatic carbocycles. The summed E-state index contributed by atoms with van der Waals surface area (Å²) in [4.78, 5) is 22.4. The van der Waals surface area contributed by atoms with E-state index in [4.69, 9.17) is 0 Å². The molecule has 0 heterocycles. The van der Waals surface area contributed by atoms with Gasteiger partial charge in [0.05, 0.1) is 11.5 Å². The lowest BCUT2D eigenvalue weighted by molar-refractivity contribution is -0.118. The molecule has 0 aliphatic heterocycles. The molecule has 1 rings (SSSR count). The van der Waals surface area contributed by atoms with E-state index >= 15 is 0 Å². The third kappa shape index (κ3) is 2.12. The van der Waals surface area contributed by atoms with E-state index in [1.165, 1.54) is 0 Å². The second kappa shape index (κ2) is 4.83. The SMILES string of the molecule is CC(=O)C(C)C(=O)c1c(F)c(F)c(F)c(F)c1F. The molecule has 0 saturated heterocycles. The van der Waals surface area contributed by atoms with Gasteiger partial charge in [-0.15, -0.1) is 0 Å². The van der Waals surface area contributed by atoms with Gasteiger partial charge in [0.15, 0.2) is 29.1 Å². The lowest BCUT2D eigenvalue weighted by Gasteiger charge is -2.10. The molecule has 0 amide bonds. The molecule has 7 heteroatoms. The van der Waals surface area contributed by atoms with Crippen LogP contribution >= 0.6 is 0 Å². The molecule has 1 atom stereocenters. The highest BCUT2D eigenvalue weighted by molar-refractivity contribution is 6.10. The fourth-order valence-corrected chi connectivity index (χ4v) is 1.22. The van der Waals surface area contributed by atoms with E-state index < -0.39 is 52.1 Å². The molecular weight excluding hydrogens is 259 g/mol. The number of carbonyl (C=O) groups excluding carboxylic acids is 2. The van der Waals surface area contributed by atoms with Crippen molar-refractivity contribution in [1.29, 1.82) is 0 Å². The quantitative estimate of drug-likeness (QED) is 0.277. The van der Waals surface area contributed by atoms with Gasteiger partial charge in [0.2, 0.25) is 5.82 Å². The summed E-state index contributed by atoms with van der Waals surface area (Å²) >= 11 is 0. The summed E-state index contributed by atoms with van der Waals surface area (Å²) in [5, 5.41) is 0. The van der Waals surface area contributed by atoms with Crippen molar-refractivity contribution in [3.63, 3.8) is 0 Å². The van der Waals surface area contributed by atoms with E-state index in [9.17, 15) is 31.5 Å². The van der Waals surface area contributed by atoms with E-state index in [0.29, 0.717) is 0 Å². The first-order valence-corrected chi connectivity index (χ1v) is 4.76. The van der Waals surface area contributed by atoms with Crippen molar-refractivity contribution in [2.24, 2.45) is 5.92 Å². The van der Waals surface area contributed by atoms with Crippen LogP contribution in [0.3, 0.4) is 0 Å². The Bertz CT molecular complexity index is 510. The van der Waals surface area contributed by atoms with Crippen molar-refractivity contribution in [1.82, 2.24) is 0 Å². The summed E-state index contributed by atoms with van der Waals surface area (Å²) in [6.07, 6.45) is 0. The molecule has 0 aliphatic carbocycles. The van der Waals surface area contributed by atoms with Gasteiger partial charge in [-0.2, -0.15) is 0 Å². The standard InChI is InChI=1S/C11H7F5O2/c1-3(4(2)17)11(18)5-6(12)8(14)10(16)9(15)7(5)13/h3H,1-2H3. The minimum atomic E-state index is -2.35. The van der Waals surface area contributed by atoms with Gasteiger partial charge in [0.25, 0.3) is 0 Å². The number of hydrogen-bond donors (Lipinski definition) is 0. The summed E-state index contributed by atoms with van der Waals surface area (Å²) in [5.41, 5.74) is -1.59. The highest BCUT2D eigenvalue weighted by Crippen LogP contribution is 2.25. The summed E-state index contributed by atoms with van der Waals surface area (Å²) < 4.78 is 64.8. The molecule has 0 fully saturated rings. The van der Waals surface area contributed by atoms with Crippen LogP contribution in [0.5, 0.6) is 0 Å². The number of rotatable bonds is 3. The van der Waals surface area contributed by atoms with Gasteiger partial charge >= 0.3 is 0 Å². The van der Waals surface area contributed by atoms with Gasteiger partial charge in [-0.3, -0.25) is 9.59 Å².